The molecule has 46 heavy (non-hydrogen) atoms. The quantitative estimate of drug-likeness (QED) is 0.140. The second kappa shape index (κ2) is 14.2. The van der Waals surface area contributed by atoms with E-state index in [9.17, 15) is 14.4 Å². The zero-order valence-corrected chi connectivity index (χ0v) is 25.6. The van der Waals surface area contributed by atoms with Crippen molar-refractivity contribution in [2.45, 2.75) is 62.7 Å². The van der Waals surface area contributed by atoms with E-state index in [1.807, 2.05) is 12.1 Å². The molecule has 0 radical (unpaired) electrons. The second-order valence-corrected chi connectivity index (χ2v) is 12.2. The number of rotatable bonds is 14. The van der Waals surface area contributed by atoms with Crippen molar-refractivity contribution < 1.29 is 43.5 Å². The molecule has 3 atom stereocenters. The SMILES string of the molecule is O=C(NCc1cccc(C(=O)NCCO)c1)C1=CC2OC(C3CC3)(C3CC3)OC2C(OC(=O)c2ccc(C=COCCO)cc2)C1. The highest BCUT2D eigenvalue weighted by atomic mass is 16.8. The minimum atomic E-state index is -0.729. The highest BCUT2D eigenvalue weighted by Gasteiger charge is 2.64. The Hall–Kier alpha value is -4.03. The first-order valence-electron chi connectivity index (χ1n) is 15.9. The zero-order valence-electron chi connectivity index (χ0n) is 25.6. The maximum Gasteiger partial charge on any atom is 0.338 e. The largest absolute Gasteiger partial charge is 0.499 e. The Labute approximate surface area is 267 Å². The van der Waals surface area contributed by atoms with Crippen molar-refractivity contribution in [2.24, 2.45) is 11.8 Å². The third kappa shape index (κ3) is 7.33. The fraction of sp³-hybridized carbons (Fsp3) is 0.457. The first-order valence-corrected chi connectivity index (χ1v) is 15.9. The Bertz CT molecular complexity index is 1470. The van der Waals surface area contributed by atoms with E-state index in [0.29, 0.717) is 28.5 Å². The molecular formula is C35H40N2O9. The van der Waals surface area contributed by atoms with Gasteiger partial charge >= 0.3 is 5.97 Å². The molecule has 11 heteroatoms. The number of hydrogen-bond acceptors (Lipinski definition) is 9. The van der Waals surface area contributed by atoms with Crippen LogP contribution in [0, 0.1) is 11.8 Å². The average molecular weight is 633 g/mol. The smallest absolute Gasteiger partial charge is 0.338 e. The molecule has 4 aliphatic rings. The maximum atomic E-state index is 13.5. The van der Waals surface area contributed by atoms with E-state index in [2.05, 4.69) is 10.6 Å². The number of aliphatic hydroxyl groups is 2. The van der Waals surface area contributed by atoms with E-state index >= 15 is 0 Å². The van der Waals surface area contributed by atoms with Crippen LogP contribution >= 0.6 is 0 Å². The van der Waals surface area contributed by atoms with Crippen molar-refractivity contribution in [3.8, 4) is 0 Å². The van der Waals surface area contributed by atoms with Crippen LogP contribution in [0.25, 0.3) is 6.08 Å². The Morgan fingerprint density at radius 2 is 1.67 bits per heavy atom. The van der Waals surface area contributed by atoms with Crippen molar-refractivity contribution in [1.82, 2.24) is 10.6 Å². The fourth-order valence-corrected chi connectivity index (χ4v) is 6.14. The van der Waals surface area contributed by atoms with Crippen LogP contribution in [0.4, 0.5) is 0 Å². The van der Waals surface area contributed by atoms with Gasteiger partial charge in [0.15, 0.2) is 5.79 Å². The minimum absolute atomic E-state index is 0.0748. The Morgan fingerprint density at radius 1 is 0.913 bits per heavy atom. The molecule has 0 bridgehead atoms. The Kier molecular flexibility index (Phi) is 9.83. The first kappa shape index (κ1) is 31.9. The van der Waals surface area contributed by atoms with Crippen LogP contribution in [-0.4, -0.2) is 78.5 Å². The van der Waals surface area contributed by atoms with E-state index in [1.165, 1.54) is 6.26 Å². The van der Waals surface area contributed by atoms with E-state index < -0.39 is 30.1 Å². The number of carbonyl (C=O) groups excluding carboxylic acids is 3. The summed E-state index contributed by atoms with van der Waals surface area (Å²) in [6.45, 7) is 0.312. The highest BCUT2D eigenvalue weighted by molar-refractivity contribution is 5.95. The topological polar surface area (TPSA) is 153 Å². The molecule has 4 N–H and O–H groups in total. The summed E-state index contributed by atoms with van der Waals surface area (Å²) in [6, 6.07) is 13.8. The monoisotopic (exact) mass is 632 g/mol. The lowest BCUT2D eigenvalue weighted by atomic mass is 9.91. The molecule has 3 aliphatic carbocycles. The third-order valence-corrected chi connectivity index (χ3v) is 8.71. The molecule has 0 spiro atoms. The predicted octanol–water partition coefficient (Wildman–Crippen LogP) is 2.86. The van der Waals surface area contributed by atoms with Crippen LogP contribution in [0.5, 0.6) is 0 Å². The van der Waals surface area contributed by atoms with Crippen molar-refractivity contribution in [1.29, 1.82) is 0 Å². The van der Waals surface area contributed by atoms with Gasteiger partial charge in [-0.05, 0) is 73.2 Å². The number of carbonyl (C=O) groups is 3. The van der Waals surface area contributed by atoms with Gasteiger partial charge in [-0.3, -0.25) is 9.59 Å². The highest BCUT2D eigenvalue weighted by Crippen LogP contribution is 2.59. The van der Waals surface area contributed by atoms with Crippen LogP contribution in [0.2, 0.25) is 0 Å². The van der Waals surface area contributed by atoms with Gasteiger partial charge < -0.3 is 39.8 Å². The Balaban J connectivity index is 1.15. The van der Waals surface area contributed by atoms with Crippen molar-refractivity contribution in [3.63, 3.8) is 0 Å². The maximum absolute atomic E-state index is 13.5. The van der Waals surface area contributed by atoms with Crippen molar-refractivity contribution in [3.05, 3.63) is 88.7 Å². The van der Waals surface area contributed by atoms with Crippen LogP contribution in [0.1, 0.15) is 63.9 Å². The summed E-state index contributed by atoms with van der Waals surface area (Å²) >= 11 is 0. The summed E-state index contributed by atoms with van der Waals surface area (Å²) < 4.78 is 24.5. The molecule has 1 heterocycles. The van der Waals surface area contributed by atoms with Gasteiger partial charge in [-0.15, -0.1) is 0 Å². The van der Waals surface area contributed by atoms with Gasteiger partial charge in [-0.25, -0.2) is 4.79 Å². The molecule has 3 unspecified atom stereocenters. The molecule has 244 valence electrons. The number of esters is 1. The number of nitrogens with one attached hydrogen (secondary N) is 2. The predicted molar refractivity (Wildman–Crippen MR) is 166 cm³/mol. The van der Waals surface area contributed by atoms with Gasteiger partial charge in [-0.1, -0.05) is 24.3 Å². The number of aliphatic hydroxyl groups excluding tert-OH is 2. The van der Waals surface area contributed by atoms with Gasteiger partial charge in [-0.2, -0.15) is 0 Å². The Morgan fingerprint density at radius 3 is 2.37 bits per heavy atom. The first-order chi connectivity index (χ1) is 22.4. The van der Waals surface area contributed by atoms with E-state index in [1.54, 1.807) is 48.5 Å². The molecule has 2 amide bonds. The summed E-state index contributed by atoms with van der Waals surface area (Å²) in [5.41, 5.74) is 2.80. The minimum Gasteiger partial charge on any atom is -0.499 e. The number of amides is 2. The molecule has 11 nitrogen and oxygen atoms in total. The van der Waals surface area contributed by atoms with E-state index in [0.717, 1.165) is 36.8 Å². The van der Waals surface area contributed by atoms with Gasteiger partial charge in [0, 0.05) is 42.5 Å². The molecule has 2 saturated carbocycles. The van der Waals surface area contributed by atoms with Crippen LogP contribution in [0.3, 0.4) is 0 Å². The summed E-state index contributed by atoms with van der Waals surface area (Å²) in [4.78, 5) is 39.1. The number of ether oxygens (including phenoxy) is 4. The molecule has 0 aromatic heterocycles. The number of fused-ring (bicyclic) bond motifs is 1. The van der Waals surface area contributed by atoms with E-state index in [-0.39, 0.29) is 51.1 Å². The summed E-state index contributed by atoms with van der Waals surface area (Å²) in [5, 5.41) is 23.4. The zero-order chi connectivity index (χ0) is 32.1. The standard InChI is InChI=1S/C35H40N2O9/c38-14-13-36-32(40)25-3-1-2-23(18-25)21-37-33(41)26-19-29(31-30(20-26)45-35(46-31,27-8-9-27)28-10-11-28)44-34(42)24-6-4-22(5-7-24)12-16-43-17-15-39/h1-7,12,16,18,20,27-31,38-39H,8-11,13-15,17,19,21H2,(H,36,40)(H,37,41). The normalized spacial score (nSPS) is 23.3. The lowest BCUT2D eigenvalue weighted by Gasteiger charge is -2.31. The van der Waals surface area contributed by atoms with Crippen LogP contribution in [0.15, 0.2) is 66.4 Å². The third-order valence-electron chi connectivity index (χ3n) is 8.71. The van der Waals surface area contributed by atoms with E-state index in [4.69, 9.17) is 29.2 Å². The fourth-order valence-electron chi connectivity index (χ4n) is 6.14. The molecule has 1 saturated heterocycles. The number of benzene rings is 2. The van der Waals surface area contributed by atoms with Crippen molar-refractivity contribution >= 4 is 23.9 Å². The second-order valence-electron chi connectivity index (χ2n) is 12.2. The van der Waals surface area contributed by atoms with Gasteiger partial charge in [0.1, 0.15) is 24.9 Å². The lowest BCUT2D eigenvalue weighted by molar-refractivity contribution is -0.209. The molecule has 2 aromatic carbocycles. The molecule has 6 rings (SSSR count). The lowest BCUT2D eigenvalue weighted by Crippen LogP contribution is -2.44. The van der Waals surface area contributed by atoms with Gasteiger partial charge in [0.2, 0.25) is 5.91 Å². The number of hydrogen-bond donors (Lipinski definition) is 4. The molecule has 2 aromatic rings. The van der Waals surface area contributed by atoms with Crippen LogP contribution in [-0.2, 0) is 30.3 Å². The van der Waals surface area contributed by atoms with Gasteiger partial charge in [0.05, 0.1) is 25.0 Å². The van der Waals surface area contributed by atoms with Crippen LogP contribution < -0.4 is 10.6 Å². The molecule has 3 fully saturated rings. The summed E-state index contributed by atoms with van der Waals surface area (Å²) in [5.74, 6) is -1.24. The average Bonchev–Trinajstić information content (AvgIpc) is 4.02. The van der Waals surface area contributed by atoms with Gasteiger partial charge in [0.25, 0.3) is 5.91 Å². The summed E-state index contributed by atoms with van der Waals surface area (Å²) in [6.07, 6.45) is 7.53. The molecule has 1 aliphatic heterocycles. The summed E-state index contributed by atoms with van der Waals surface area (Å²) in [7, 11) is 0. The molecular weight excluding hydrogens is 592 g/mol. The van der Waals surface area contributed by atoms with Crippen molar-refractivity contribution in [2.75, 3.05) is 26.4 Å².